The predicted octanol–water partition coefficient (Wildman–Crippen LogP) is 6.32. The van der Waals surface area contributed by atoms with Crippen LogP contribution in [0.2, 0.25) is 0 Å². The number of hydrogen-bond acceptors (Lipinski definition) is 2. The number of hydrogen-bond donors (Lipinski definition) is 1. The third kappa shape index (κ3) is 4.30. The fourth-order valence-corrected chi connectivity index (χ4v) is 6.00. The third-order valence-electron chi connectivity index (χ3n) is 5.40. The Balaban J connectivity index is 1.71. The van der Waals surface area contributed by atoms with Crippen LogP contribution >= 0.6 is 47.8 Å². The molecule has 1 atom stereocenters. The van der Waals surface area contributed by atoms with Crippen LogP contribution < -0.4 is 0 Å². The van der Waals surface area contributed by atoms with Gasteiger partial charge < -0.3 is 14.6 Å². The number of benzene rings is 2. The van der Waals surface area contributed by atoms with Crippen LogP contribution in [-0.4, -0.2) is 40.3 Å². The van der Waals surface area contributed by atoms with Crippen molar-refractivity contribution < 1.29 is 5.11 Å². The van der Waals surface area contributed by atoms with Gasteiger partial charge in [0.15, 0.2) is 0 Å². The smallest absolute Gasteiger partial charge is 0.0845 e. The fraction of sp³-hybridized carbons (Fsp3) is 0.429. The van der Waals surface area contributed by atoms with Gasteiger partial charge in [-0.1, -0.05) is 44.7 Å². The first-order valence-corrected chi connectivity index (χ1v) is 11.9. The molecule has 1 fully saturated rings. The van der Waals surface area contributed by atoms with E-state index in [1.54, 1.807) is 0 Å². The molecule has 6 heteroatoms. The molecule has 3 aromatic rings. The lowest BCUT2D eigenvalue weighted by molar-refractivity contribution is 0.102. The van der Waals surface area contributed by atoms with E-state index in [1.807, 2.05) is 0 Å². The van der Waals surface area contributed by atoms with Gasteiger partial charge in [-0.15, -0.1) is 0 Å². The van der Waals surface area contributed by atoms with Crippen molar-refractivity contribution in [3.63, 3.8) is 0 Å². The summed E-state index contributed by atoms with van der Waals surface area (Å²) in [6, 6.07) is 10.6. The topological polar surface area (TPSA) is 28.4 Å². The van der Waals surface area contributed by atoms with E-state index in [9.17, 15) is 5.11 Å². The first kappa shape index (κ1) is 19.9. The summed E-state index contributed by atoms with van der Waals surface area (Å²) < 4.78 is 5.42. The number of nitrogens with zero attached hydrogens (tertiary/aromatic N) is 2. The number of aromatic nitrogens is 1. The largest absolute Gasteiger partial charge is 0.390 e. The highest BCUT2D eigenvalue weighted by Gasteiger charge is 2.19. The maximum Gasteiger partial charge on any atom is 0.0845 e. The van der Waals surface area contributed by atoms with Gasteiger partial charge in [0.2, 0.25) is 0 Å². The van der Waals surface area contributed by atoms with Crippen LogP contribution in [0.1, 0.15) is 25.7 Å². The zero-order valence-electron chi connectivity index (χ0n) is 15.1. The summed E-state index contributed by atoms with van der Waals surface area (Å²) in [7, 11) is 0. The molecule has 1 N–H and O–H groups in total. The van der Waals surface area contributed by atoms with E-state index in [1.165, 1.54) is 36.5 Å². The normalized spacial score (nSPS) is 17.5. The lowest BCUT2D eigenvalue weighted by Gasteiger charge is -2.24. The Morgan fingerprint density at radius 3 is 2.30 bits per heavy atom. The molecule has 1 aliphatic heterocycles. The molecule has 0 unspecified atom stereocenters. The molecule has 2 heterocycles. The average Bonchev–Trinajstić information content (AvgIpc) is 2.76. The number of aliphatic hydroxyl groups excluding tert-OH is 1. The minimum absolute atomic E-state index is 0.388. The Kier molecular flexibility index (Phi) is 6.29. The van der Waals surface area contributed by atoms with E-state index in [4.69, 9.17) is 0 Å². The molecule has 0 spiro atoms. The number of rotatable bonds is 4. The lowest BCUT2D eigenvalue weighted by atomic mass is 10.2. The number of likely N-dealkylation sites (tertiary alicyclic amines) is 1. The molecule has 144 valence electrons. The zero-order chi connectivity index (χ0) is 19.0. The minimum atomic E-state index is -0.388. The summed E-state index contributed by atoms with van der Waals surface area (Å²) in [5, 5.41) is 13.3. The van der Waals surface area contributed by atoms with Crippen LogP contribution in [0.4, 0.5) is 0 Å². The van der Waals surface area contributed by atoms with Gasteiger partial charge in [0.25, 0.3) is 0 Å². The molecular weight excluding hydrogens is 536 g/mol. The summed E-state index contributed by atoms with van der Waals surface area (Å²) in [5.74, 6) is 0. The van der Waals surface area contributed by atoms with Gasteiger partial charge in [-0.2, -0.15) is 0 Å². The van der Waals surface area contributed by atoms with Gasteiger partial charge in [0.05, 0.1) is 18.2 Å². The van der Waals surface area contributed by atoms with Crippen LogP contribution in [0.15, 0.2) is 43.7 Å². The fourth-order valence-electron chi connectivity index (χ4n) is 4.20. The van der Waals surface area contributed by atoms with E-state index in [0.717, 1.165) is 44.1 Å². The van der Waals surface area contributed by atoms with Gasteiger partial charge in [-0.05, 0) is 72.2 Å². The molecule has 3 nitrogen and oxygen atoms in total. The molecule has 0 saturated carbocycles. The third-order valence-corrected chi connectivity index (χ3v) is 6.95. The van der Waals surface area contributed by atoms with E-state index in [-0.39, 0.29) is 6.10 Å². The highest BCUT2D eigenvalue weighted by atomic mass is 79.9. The number of aliphatic hydroxyl groups is 1. The molecule has 0 bridgehead atoms. The minimum Gasteiger partial charge on any atom is -0.390 e. The van der Waals surface area contributed by atoms with Crippen molar-refractivity contribution in [1.29, 1.82) is 0 Å². The molecule has 4 rings (SSSR count). The van der Waals surface area contributed by atoms with Gasteiger partial charge in [-0.25, -0.2) is 0 Å². The highest BCUT2D eigenvalue weighted by Crippen LogP contribution is 2.37. The van der Waals surface area contributed by atoms with Crippen LogP contribution in [0, 0.1) is 0 Å². The monoisotopic (exact) mass is 556 g/mol. The van der Waals surface area contributed by atoms with E-state index in [2.05, 4.69) is 87.6 Å². The first-order valence-electron chi connectivity index (χ1n) is 9.50. The maximum absolute atomic E-state index is 10.9. The van der Waals surface area contributed by atoms with E-state index < -0.39 is 0 Å². The van der Waals surface area contributed by atoms with Crippen LogP contribution in [0.25, 0.3) is 21.8 Å². The van der Waals surface area contributed by atoms with Crippen molar-refractivity contribution in [1.82, 2.24) is 9.47 Å². The Bertz CT molecular complexity index is 961. The maximum atomic E-state index is 10.9. The van der Waals surface area contributed by atoms with Gasteiger partial charge in [0, 0.05) is 36.3 Å². The number of fused-ring (bicyclic) bond motifs is 3. The van der Waals surface area contributed by atoms with E-state index >= 15 is 0 Å². The van der Waals surface area contributed by atoms with Crippen molar-refractivity contribution in [3.05, 3.63) is 43.7 Å². The van der Waals surface area contributed by atoms with Crippen molar-refractivity contribution in [2.45, 2.75) is 38.3 Å². The molecule has 0 aliphatic carbocycles. The molecule has 1 aliphatic rings. The summed E-state index contributed by atoms with van der Waals surface area (Å²) in [6.07, 6.45) is 4.73. The number of β-amino-alcohol motifs (C(OH)–C–C–N with tert-alkyl or cyclic N) is 1. The van der Waals surface area contributed by atoms with Crippen molar-refractivity contribution in [2.24, 2.45) is 0 Å². The van der Waals surface area contributed by atoms with Gasteiger partial charge in [0.1, 0.15) is 0 Å². The Labute approximate surface area is 185 Å². The molecule has 0 amide bonds. The van der Waals surface area contributed by atoms with Gasteiger partial charge >= 0.3 is 0 Å². The van der Waals surface area contributed by atoms with Gasteiger partial charge in [-0.3, -0.25) is 0 Å². The van der Waals surface area contributed by atoms with Crippen LogP contribution in [0.5, 0.6) is 0 Å². The molecule has 27 heavy (non-hydrogen) atoms. The molecule has 0 radical (unpaired) electrons. The molecule has 1 saturated heterocycles. The Morgan fingerprint density at radius 2 is 1.56 bits per heavy atom. The van der Waals surface area contributed by atoms with Crippen LogP contribution in [-0.2, 0) is 6.54 Å². The summed E-state index contributed by atoms with van der Waals surface area (Å²) in [5.41, 5.74) is 2.29. The lowest BCUT2D eigenvalue weighted by Crippen LogP contribution is -2.35. The first-order chi connectivity index (χ1) is 13.0. The second kappa shape index (κ2) is 8.54. The standard InChI is InChI=1S/C21H23Br3N2O/c22-14-5-6-20-17(9-14)18-10-15(23)11-19(24)21(18)26(20)13-16(27)12-25-7-3-1-2-4-8-25/h5-6,9-11,16,27H,1-4,7-8,12-13H2/t16-/m1/s1. The quantitative estimate of drug-likeness (QED) is 0.406. The molecule has 2 aromatic carbocycles. The zero-order valence-corrected chi connectivity index (χ0v) is 19.9. The molecule has 1 aromatic heterocycles. The average molecular weight is 559 g/mol. The Morgan fingerprint density at radius 1 is 0.852 bits per heavy atom. The predicted molar refractivity (Wildman–Crippen MR) is 123 cm³/mol. The summed E-state index contributed by atoms with van der Waals surface area (Å²) in [6.45, 7) is 3.55. The van der Waals surface area contributed by atoms with Crippen LogP contribution in [0.3, 0.4) is 0 Å². The SMILES string of the molecule is O[C@H](CN1CCCCCC1)Cn1c2ccc(Br)cc2c2cc(Br)cc(Br)c21. The second-order valence-corrected chi connectivity index (χ2v) is 10.1. The van der Waals surface area contributed by atoms with Crippen molar-refractivity contribution in [3.8, 4) is 0 Å². The summed E-state index contributed by atoms with van der Waals surface area (Å²) >= 11 is 11.0. The summed E-state index contributed by atoms with van der Waals surface area (Å²) in [4.78, 5) is 2.42. The highest BCUT2D eigenvalue weighted by molar-refractivity contribution is 9.11. The van der Waals surface area contributed by atoms with E-state index in [0.29, 0.717) is 6.54 Å². The second-order valence-electron chi connectivity index (χ2n) is 7.42. The molecular formula is C21H23Br3N2O. The number of halogens is 3. The van der Waals surface area contributed by atoms with Crippen molar-refractivity contribution >= 4 is 69.6 Å². The van der Waals surface area contributed by atoms with Crippen molar-refractivity contribution in [2.75, 3.05) is 19.6 Å². The Hall–Kier alpha value is -0.400.